The average Bonchev–Trinajstić information content (AvgIpc) is 3.44. The molecule has 0 aliphatic carbocycles. The van der Waals surface area contributed by atoms with Crippen molar-refractivity contribution in [3.63, 3.8) is 0 Å². The Morgan fingerprint density at radius 1 is 0.359 bits per heavy atom. The van der Waals surface area contributed by atoms with Crippen LogP contribution in [0.5, 0.6) is 0 Å². The van der Waals surface area contributed by atoms with Gasteiger partial charge in [0.05, 0.1) is 25.4 Å². The third-order valence-electron chi connectivity index (χ3n) is 16.1. The molecule has 458 valence electrons. The van der Waals surface area contributed by atoms with Gasteiger partial charge in [-0.2, -0.15) is 0 Å². The van der Waals surface area contributed by atoms with Crippen LogP contribution in [0.4, 0.5) is 0 Å². The quantitative estimate of drug-likeness (QED) is 0.0320. The van der Waals surface area contributed by atoms with Gasteiger partial charge in [-0.05, 0) is 83.5 Å². The molecule has 1 amide bonds. The largest absolute Gasteiger partial charge is 0.466 e. The number of ether oxygens (including phenoxy) is 1. The van der Waals surface area contributed by atoms with Gasteiger partial charge in [0.1, 0.15) is 0 Å². The molecule has 0 aromatic heterocycles. The predicted octanol–water partition coefficient (Wildman–Crippen LogP) is 22.5. The maximum absolute atomic E-state index is 12.5. The minimum absolute atomic E-state index is 0.00732. The minimum atomic E-state index is -0.674. The molecule has 78 heavy (non-hydrogen) atoms. The number of esters is 1. The monoisotopic (exact) mass is 1090 g/mol. The van der Waals surface area contributed by atoms with Gasteiger partial charge in [-0.25, -0.2) is 0 Å². The van der Waals surface area contributed by atoms with E-state index in [4.69, 9.17) is 4.74 Å². The summed E-state index contributed by atoms with van der Waals surface area (Å²) >= 11 is 0. The molecule has 3 N–H and O–H groups in total. The lowest BCUT2D eigenvalue weighted by molar-refractivity contribution is -0.143. The minimum Gasteiger partial charge on any atom is -0.466 e. The first-order chi connectivity index (χ1) is 38.5. The topological polar surface area (TPSA) is 95.9 Å². The third-order valence-corrected chi connectivity index (χ3v) is 16.1. The predicted molar refractivity (Wildman–Crippen MR) is 342 cm³/mol. The van der Waals surface area contributed by atoms with Crippen molar-refractivity contribution in [1.29, 1.82) is 0 Å². The third kappa shape index (κ3) is 63.0. The van der Waals surface area contributed by atoms with Gasteiger partial charge in [0.2, 0.25) is 5.91 Å². The van der Waals surface area contributed by atoms with E-state index in [9.17, 15) is 19.8 Å². The molecule has 0 heterocycles. The van der Waals surface area contributed by atoms with Crippen molar-refractivity contribution in [3.8, 4) is 0 Å². The molecule has 0 bridgehead atoms. The molecule has 0 aromatic carbocycles. The smallest absolute Gasteiger partial charge is 0.305 e. The second kappa shape index (κ2) is 67.3. The summed E-state index contributed by atoms with van der Waals surface area (Å²) in [6.45, 7) is 4.92. The Balaban J connectivity index is 3.45. The molecule has 2 atom stereocenters. The zero-order valence-electron chi connectivity index (χ0n) is 52.4. The molecular formula is C72H135NO5. The normalized spacial score (nSPS) is 12.8. The number of allylic oxidation sites excluding steroid dienone is 8. The molecule has 0 aromatic rings. The Morgan fingerprint density at radius 3 is 1.01 bits per heavy atom. The Labute approximate surface area is 486 Å². The second-order valence-corrected chi connectivity index (χ2v) is 23.9. The molecular weight excluding hydrogens is 959 g/mol. The van der Waals surface area contributed by atoms with Crippen LogP contribution >= 0.6 is 0 Å². The van der Waals surface area contributed by atoms with Gasteiger partial charge < -0.3 is 20.3 Å². The number of amides is 1. The number of carbonyl (C=O) groups excluding carboxylic acids is 2. The van der Waals surface area contributed by atoms with Crippen LogP contribution in [-0.4, -0.2) is 47.4 Å². The van der Waals surface area contributed by atoms with Crippen LogP contribution in [-0.2, 0) is 14.3 Å². The first kappa shape index (κ1) is 75.8. The first-order valence-corrected chi connectivity index (χ1v) is 34.9. The van der Waals surface area contributed by atoms with Gasteiger partial charge >= 0.3 is 5.97 Å². The maximum Gasteiger partial charge on any atom is 0.305 e. The Kier molecular flexibility index (Phi) is 65.4. The van der Waals surface area contributed by atoms with Crippen molar-refractivity contribution in [3.05, 3.63) is 48.6 Å². The van der Waals surface area contributed by atoms with Gasteiger partial charge in [-0.1, -0.05) is 326 Å². The van der Waals surface area contributed by atoms with Crippen LogP contribution in [0.25, 0.3) is 0 Å². The van der Waals surface area contributed by atoms with Crippen molar-refractivity contribution in [2.75, 3.05) is 13.2 Å². The van der Waals surface area contributed by atoms with Crippen LogP contribution in [0.2, 0.25) is 0 Å². The van der Waals surface area contributed by atoms with E-state index in [1.807, 2.05) is 0 Å². The van der Waals surface area contributed by atoms with Crippen LogP contribution in [0, 0.1) is 0 Å². The van der Waals surface area contributed by atoms with Crippen LogP contribution in [0.3, 0.4) is 0 Å². The summed E-state index contributed by atoms with van der Waals surface area (Å²) in [5, 5.41) is 23.4. The molecule has 0 spiro atoms. The lowest BCUT2D eigenvalue weighted by Gasteiger charge is -2.22. The number of hydrogen-bond acceptors (Lipinski definition) is 5. The van der Waals surface area contributed by atoms with Crippen molar-refractivity contribution in [2.45, 2.75) is 386 Å². The van der Waals surface area contributed by atoms with Gasteiger partial charge in [0, 0.05) is 12.8 Å². The van der Waals surface area contributed by atoms with Crippen molar-refractivity contribution in [2.24, 2.45) is 0 Å². The second-order valence-electron chi connectivity index (χ2n) is 23.9. The van der Waals surface area contributed by atoms with Crippen molar-refractivity contribution in [1.82, 2.24) is 5.32 Å². The highest BCUT2D eigenvalue weighted by atomic mass is 16.5. The fourth-order valence-electron chi connectivity index (χ4n) is 10.7. The highest BCUT2D eigenvalue weighted by molar-refractivity contribution is 5.76. The SMILES string of the molecule is CCCC/C=C\C/C=C\CCCCCCCC(=O)OCCCCCCCCCCC/C=C\C/C=C\CCCCCCCCCC(=O)NC(CO)C(O)CCCCCCCCCCCCCCCCCCCCCCCCCC. The first-order valence-electron chi connectivity index (χ1n) is 34.9. The number of rotatable bonds is 65. The molecule has 0 rings (SSSR count). The zero-order valence-corrected chi connectivity index (χ0v) is 52.4. The summed E-state index contributed by atoms with van der Waals surface area (Å²) in [7, 11) is 0. The van der Waals surface area contributed by atoms with Gasteiger partial charge in [0.25, 0.3) is 0 Å². The van der Waals surface area contributed by atoms with Crippen molar-refractivity contribution >= 4 is 11.9 Å². The zero-order chi connectivity index (χ0) is 56.4. The van der Waals surface area contributed by atoms with E-state index in [2.05, 4.69) is 67.8 Å². The molecule has 0 saturated heterocycles. The van der Waals surface area contributed by atoms with Crippen LogP contribution < -0.4 is 5.32 Å². The fraction of sp³-hybridized carbons (Fsp3) is 0.861. The molecule has 0 radical (unpaired) electrons. The number of carbonyl (C=O) groups is 2. The standard InChI is InChI=1S/C72H135NO5/c1-3-5-7-9-11-13-15-17-19-20-21-22-23-25-28-31-34-37-40-44-48-52-56-60-64-70(75)69(68-74)73-71(76)65-61-57-53-49-45-41-38-35-32-29-26-24-27-30-33-36-39-43-47-51-55-59-63-67-78-72(77)66-62-58-54-50-46-42-18-16-14-12-10-8-6-4-2/h10,12,16,18,24,27,29,32,69-70,74-75H,3-9,11,13-15,17,19-23,25-26,28,30-31,33-68H2,1-2H3,(H,73,76)/b12-10-,18-16-,27-24-,32-29-. The summed E-state index contributed by atoms with van der Waals surface area (Å²) in [6, 6.07) is -0.552. The highest BCUT2D eigenvalue weighted by Crippen LogP contribution is 2.18. The molecule has 0 saturated carbocycles. The summed E-state index contributed by atoms with van der Waals surface area (Å²) in [5.41, 5.74) is 0. The molecule has 6 nitrogen and oxygen atoms in total. The number of unbranched alkanes of at least 4 members (excludes halogenated alkanes) is 46. The van der Waals surface area contributed by atoms with Crippen LogP contribution in [0.15, 0.2) is 48.6 Å². The van der Waals surface area contributed by atoms with Crippen molar-refractivity contribution < 1.29 is 24.5 Å². The molecule has 6 heteroatoms. The van der Waals surface area contributed by atoms with Gasteiger partial charge in [0.15, 0.2) is 0 Å². The molecule has 0 aliphatic heterocycles. The Morgan fingerprint density at radius 2 is 0.654 bits per heavy atom. The van der Waals surface area contributed by atoms with E-state index < -0.39 is 12.1 Å². The van der Waals surface area contributed by atoms with Gasteiger partial charge in [-0.3, -0.25) is 9.59 Å². The van der Waals surface area contributed by atoms with E-state index in [-0.39, 0.29) is 18.5 Å². The Bertz CT molecular complexity index is 1310. The molecule has 2 unspecified atom stereocenters. The van der Waals surface area contributed by atoms with Gasteiger partial charge in [-0.15, -0.1) is 0 Å². The fourth-order valence-corrected chi connectivity index (χ4v) is 10.7. The average molecular weight is 1090 g/mol. The van der Waals surface area contributed by atoms with E-state index >= 15 is 0 Å². The number of hydrogen-bond donors (Lipinski definition) is 3. The molecule has 0 aliphatic rings. The number of nitrogens with one attached hydrogen (secondary N) is 1. The van der Waals surface area contributed by atoms with E-state index in [1.54, 1.807) is 0 Å². The van der Waals surface area contributed by atoms with E-state index in [0.717, 1.165) is 64.2 Å². The molecule has 0 fully saturated rings. The van der Waals surface area contributed by atoms with E-state index in [0.29, 0.717) is 25.9 Å². The summed E-state index contributed by atoms with van der Waals surface area (Å²) in [5.74, 6) is -0.0494. The van der Waals surface area contributed by atoms with E-state index in [1.165, 1.54) is 276 Å². The summed E-state index contributed by atoms with van der Waals surface area (Å²) in [6.07, 6.45) is 87.2. The Hall–Kier alpha value is -2.18. The van der Waals surface area contributed by atoms with Crippen LogP contribution in [0.1, 0.15) is 373 Å². The lowest BCUT2D eigenvalue weighted by atomic mass is 10.0. The lowest BCUT2D eigenvalue weighted by Crippen LogP contribution is -2.45. The summed E-state index contributed by atoms with van der Waals surface area (Å²) < 4.78 is 5.47. The summed E-state index contributed by atoms with van der Waals surface area (Å²) in [4.78, 5) is 24.6. The number of aliphatic hydroxyl groups excluding tert-OH is 2. The number of aliphatic hydroxyl groups is 2. The maximum atomic E-state index is 12.5. The highest BCUT2D eigenvalue weighted by Gasteiger charge is 2.20.